The molecule has 0 saturated carbocycles. The van der Waals surface area contributed by atoms with Crippen molar-refractivity contribution in [2.45, 2.75) is 39.0 Å². The number of nitrogens with two attached hydrogens (primary N) is 1. The molecule has 0 bridgehead atoms. The largest absolute Gasteiger partial charge is 0.366 e. The molecule has 0 saturated heterocycles. The summed E-state index contributed by atoms with van der Waals surface area (Å²) < 4.78 is 0. The third-order valence-electron chi connectivity index (χ3n) is 2.57. The Morgan fingerprint density at radius 3 is 2.71 bits per heavy atom. The normalized spacial score (nSPS) is 9.47. The first-order valence-electron chi connectivity index (χ1n) is 6.13. The summed E-state index contributed by atoms with van der Waals surface area (Å²) in [6.45, 7) is 2.19. The minimum Gasteiger partial charge on any atom is -0.366 e. The maximum Gasteiger partial charge on any atom is 0.249 e. The Hall–Kier alpha value is -1.75. The summed E-state index contributed by atoms with van der Waals surface area (Å²) in [4.78, 5) is 11.2. The second-order valence-corrected chi connectivity index (χ2v) is 4.02. The van der Waals surface area contributed by atoms with Crippen LogP contribution < -0.4 is 5.73 Å². The predicted octanol–water partition coefficient (Wildman–Crippen LogP) is 3.11. The van der Waals surface area contributed by atoms with Crippen molar-refractivity contribution in [1.82, 2.24) is 0 Å². The SMILES string of the molecule is CCCCCCC#Cc1ccccc1C(N)=O. The minimum absolute atomic E-state index is 0.416. The molecular formula is C15H19NO. The van der Waals surface area contributed by atoms with Gasteiger partial charge in [-0.15, -0.1) is 0 Å². The maximum absolute atomic E-state index is 11.2. The fourth-order valence-corrected chi connectivity index (χ4v) is 1.60. The zero-order valence-electron chi connectivity index (χ0n) is 10.3. The highest BCUT2D eigenvalue weighted by molar-refractivity contribution is 5.95. The topological polar surface area (TPSA) is 43.1 Å². The molecule has 0 fully saturated rings. The average Bonchev–Trinajstić information content (AvgIpc) is 2.34. The molecule has 1 rings (SSSR count). The Balaban J connectivity index is 2.56. The van der Waals surface area contributed by atoms with Crippen molar-refractivity contribution in [1.29, 1.82) is 0 Å². The van der Waals surface area contributed by atoms with E-state index < -0.39 is 5.91 Å². The molecule has 1 aromatic carbocycles. The second kappa shape index (κ2) is 7.51. The molecule has 1 amide bonds. The van der Waals surface area contributed by atoms with Crippen LogP contribution in [-0.2, 0) is 0 Å². The lowest BCUT2D eigenvalue weighted by atomic mass is 10.1. The molecule has 0 unspecified atom stereocenters. The van der Waals surface area contributed by atoms with E-state index in [-0.39, 0.29) is 0 Å². The molecule has 0 radical (unpaired) electrons. The standard InChI is InChI=1S/C15H19NO/c1-2-3-4-5-6-7-10-13-11-8-9-12-14(13)15(16)17/h8-9,11-12H,2-6H2,1H3,(H2,16,17). The Labute approximate surface area is 103 Å². The summed E-state index contributed by atoms with van der Waals surface area (Å²) in [6.07, 6.45) is 5.73. The number of amides is 1. The summed E-state index contributed by atoms with van der Waals surface area (Å²) in [5, 5.41) is 0. The number of unbranched alkanes of at least 4 members (excludes halogenated alkanes) is 4. The van der Waals surface area contributed by atoms with Crippen LogP contribution in [0.25, 0.3) is 0 Å². The van der Waals surface area contributed by atoms with E-state index >= 15 is 0 Å². The van der Waals surface area contributed by atoms with Gasteiger partial charge in [0, 0.05) is 12.0 Å². The number of primary amides is 1. The average molecular weight is 229 g/mol. The Morgan fingerprint density at radius 1 is 1.24 bits per heavy atom. The van der Waals surface area contributed by atoms with Crippen molar-refractivity contribution < 1.29 is 4.79 Å². The molecule has 0 aliphatic carbocycles. The molecule has 17 heavy (non-hydrogen) atoms. The molecular weight excluding hydrogens is 210 g/mol. The van der Waals surface area contributed by atoms with Gasteiger partial charge in [-0.3, -0.25) is 4.79 Å². The van der Waals surface area contributed by atoms with Crippen LogP contribution in [0.2, 0.25) is 0 Å². The molecule has 0 aliphatic heterocycles. The van der Waals surface area contributed by atoms with Crippen molar-refractivity contribution in [2.24, 2.45) is 5.73 Å². The van der Waals surface area contributed by atoms with Crippen molar-refractivity contribution in [2.75, 3.05) is 0 Å². The molecule has 90 valence electrons. The Morgan fingerprint density at radius 2 is 2.00 bits per heavy atom. The molecule has 0 heterocycles. The fraction of sp³-hybridized carbons (Fsp3) is 0.400. The van der Waals surface area contributed by atoms with Gasteiger partial charge in [0.2, 0.25) is 5.91 Å². The van der Waals surface area contributed by atoms with E-state index in [2.05, 4.69) is 18.8 Å². The number of rotatable bonds is 5. The van der Waals surface area contributed by atoms with E-state index in [1.807, 2.05) is 12.1 Å². The van der Waals surface area contributed by atoms with Crippen LogP contribution in [0.3, 0.4) is 0 Å². The summed E-state index contributed by atoms with van der Waals surface area (Å²) in [5.74, 6) is 5.70. The maximum atomic E-state index is 11.2. The smallest absolute Gasteiger partial charge is 0.249 e. The van der Waals surface area contributed by atoms with E-state index in [0.717, 1.165) is 18.4 Å². The lowest BCUT2D eigenvalue weighted by molar-refractivity contribution is 0.1000. The van der Waals surface area contributed by atoms with Crippen LogP contribution in [0, 0.1) is 11.8 Å². The first kappa shape index (κ1) is 13.3. The quantitative estimate of drug-likeness (QED) is 0.612. The molecule has 0 spiro atoms. The highest BCUT2D eigenvalue weighted by atomic mass is 16.1. The lowest BCUT2D eigenvalue weighted by Gasteiger charge is -1.98. The summed E-state index contributed by atoms with van der Waals surface area (Å²) in [7, 11) is 0. The molecule has 0 atom stereocenters. The van der Waals surface area contributed by atoms with E-state index in [1.165, 1.54) is 19.3 Å². The first-order valence-corrected chi connectivity index (χ1v) is 6.13. The van der Waals surface area contributed by atoms with Gasteiger partial charge in [-0.05, 0) is 18.6 Å². The van der Waals surface area contributed by atoms with Gasteiger partial charge in [0.1, 0.15) is 0 Å². The Kier molecular flexibility index (Phi) is 5.88. The number of hydrogen-bond acceptors (Lipinski definition) is 1. The summed E-state index contributed by atoms with van der Waals surface area (Å²) in [5.41, 5.74) is 6.52. The highest BCUT2D eigenvalue weighted by Gasteiger charge is 2.03. The number of carbonyl (C=O) groups is 1. The predicted molar refractivity (Wildman–Crippen MR) is 70.6 cm³/mol. The second-order valence-electron chi connectivity index (χ2n) is 4.02. The van der Waals surface area contributed by atoms with Crippen LogP contribution in [0.1, 0.15) is 54.9 Å². The van der Waals surface area contributed by atoms with Gasteiger partial charge in [0.05, 0.1) is 5.56 Å². The van der Waals surface area contributed by atoms with Crippen LogP contribution in [0.4, 0.5) is 0 Å². The fourth-order valence-electron chi connectivity index (χ4n) is 1.60. The van der Waals surface area contributed by atoms with Gasteiger partial charge in [0.15, 0.2) is 0 Å². The van der Waals surface area contributed by atoms with E-state index in [4.69, 9.17) is 5.73 Å². The van der Waals surface area contributed by atoms with Gasteiger partial charge in [-0.1, -0.05) is 50.2 Å². The third-order valence-corrected chi connectivity index (χ3v) is 2.57. The van der Waals surface area contributed by atoms with Crippen molar-refractivity contribution >= 4 is 5.91 Å². The highest BCUT2D eigenvalue weighted by Crippen LogP contribution is 2.07. The minimum atomic E-state index is -0.416. The van der Waals surface area contributed by atoms with Crippen molar-refractivity contribution in [3.05, 3.63) is 35.4 Å². The van der Waals surface area contributed by atoms with Crippen LogP contribution in [0.5, 0.6) is 0 Å². The van der Waals surface area contributed by atoms with Gasteiger partial charge < -0.3 is 5.73 Å². The van der Waals surface area contributed by atoms with Gasteiger partial charge in [0.25, 0.3) is 0 Å². The van der Waals surface area contributed by atoms with E-state index in [9.17, 15) is 4.79 Å². The zero-order chi connectivity index (χ0) is 12.5. The van der Waals surface area contributed by atoms with Crippen LogP contribution in [0.15, 0.2) is 24.3 Å². The number of carbonyl (C=O) groups excluding carboxylic acids is 1. The molecule has 1 aromatic rings. The number of hydrogen-bond donors (Lipinski definition) is 1. The monoisotopic (exact) mass is 229 g/mol. The van der Waals surface area contributed by atoms with Gasteiger partial charge in [-0.2, -0.15) is 0 Å². The zero-order valence-corrected chi connectivity index (χ0v) is 10.3. The van der Waals surface area contributed by atoms with Gasteiger partial charge >= 0.3 is 0 Å². The molecule has 2 heteroatoms. The molecule has 0 aliphatic rings. The Bertz CT molecular complexity index is 426. The molecule has 2 nitrogen and oxygen atoms in total. The first-order chi connectivity index (χ1) is 8.25. The number of benzene rings is 1. The summed E-state index contributed by atoms with van der Waals surface area (Å²) >= 11 is 0. The third kappa shape index (κ3) is 4.74. The van der Waals surface area contributed by atoms with E-state index in [0.29, 0.717) is 5.56 Å². The van der Waals surface area contributed by atoms with E-state index in [1.54, 1.807) is 12.1 Å². The summed E-state index contributed by atoms with van der Waals surface area (Å²) in [6, 6.07) is 7.21. The van der Waals surface area contributed by atoms with Crippen molar-refractivity contribution in [3.63, 3.8) is 0 Å². The molecule has 0 aromatic heterocycles. The molecule has 2 N–H and O–H groups in total. The van der Waals surface area contributed by atoms with Crippen molar-refractivity contribution in [3.8, 4) is 11.8 Å². The van der Waals surface area contributed by atoms with Gasteiger partial charge in [-0.25, -0.2) is 0 Å². The van der Waals surface area contributed by atoms with Crippen LogP contribution in [-0.4, -0.2) is 5.91 Å². The van der Waals surface area contributed by atoms with Crippen LogP contribution >= 0.6 is 0 Å². The lowest BCUT2D eigenvalue weighted by Crippen LogP contribution is -2.12.